The van der Waals surface area contributed by atoms with Gasteiger partial charge in [-0.05, 0) is 38.8 Å². The van der Waals surface area contributed by atoms with Gasteiger partial charge in [0.05, 0.1) is 6.20 Å². The number of hydrogen-bond donors (Lipinski definition) is 3. The van der Waals surface area contributed by atoms with Crippen LogP contribution >= 0.6 is 0 Å². The smallest absolute Gasteiger partial charge is 0.225 e. The standard InChI is InChI=1S/C11H18N4O/c1-8-7-13-15-11(8)14-10(16)6-9-2-4-12-5-3-9/h7,9,12H,2-6H2,1H3,(H2,13,14,15,16). The molecular formula is C11H18N4O. The van der Waals surface area contributed by atoms with E-state index in [9.17, 15) is 4.79 Å². The number of nitrogens with zero attached hydrogens (tertiary/aromatic N) is 1. The second-order valence-electron chi connectivity index (χ2n) is 4.37. The Kier molecular flexibility index (Phi) is 3.56. The van der Waals surface area contributed by atoms with E-state index in [0.717, 1.165) is 37.3 Å². The molecule has 88 valence electrons. The molecule has 1 aromatic rings. The second-order valence-corrected chi connectivity index (χ2v) is 4.37. The van der Waals surface area contributed by atoms with Crippen LogP contribution in [0.1, 0.15) is 24.8 Å². The van der Waals surface area contributed by atoms with Crippen LogP contribution < -0.4 is 10.6 Å². The van der Waals surface area contributed by atoms with Gasteiger partial charge in [-0.1, -0.05) is 0 Å². The first-order chi connectivity index (χ1) is 7.75. The van der Waals surface area contributed by atoms with Gasteiger partial charge in [0, 0.05) is 12.0 Å². The molecule has 0 aromatic carbocycles. The van der Waals surface area contributed by atoms with E-state index in [-0.39, 0.29) is 5.91 Å². The Labute approximate surface area is 95.0 Å². The van der Waals surface area contributed by atoms with Gasteiger partial charge >= 0.3 is 0 Å². The molecule has 2 heterocycles. The molecule has 3 N–H and O–H groups in total. The molecule has 1 saturated heterocycles. The zero-order valence-electron chi connectivity index (χ0n) is 9.55. The maximum atomic E-state index is 11.8. The molecule has 5 heteroatoms. The highest BCUT2D eigenvalue weighted by molar-refractivity contribution is 5.90. The topological polar surface area (TPSA) is 69.8 Å². The Morgan fingerprint density at radius 2 is 2.31 bits per heavy atom. The van der Waals surface area contributed by atoms with Gasteiger partial charge in [0.2, 0.25) is 5.91 Å². The predicted octanol–water partition coefficient (Wildman–Crippen LogP) is 1.05. The molecule has 0 aliphatic carbocycles. The van der Waals surface area contributed by atoms with Crippen molar-refractivity contribution in [1.82, 2.24) is 15.5 Å². The molecule has 1 amide bonds. The molecule has 2 rings (SSSR count). The fourth-order valence-electron chi connectivity index (χ4n) is 2.01. The Bertz CT molecular complexity index is 355. The zero-order chi connectivity index (χ0) is 11.4. The number of anilines is 1. The quantitative estimate of drug-likeness (QED) is 0.716. The molecule has 0 saturated carbocycles. The third-order valence-electron chi connectivity index (χ3n) is 3.03. The van der Waals surface area contributed by atoms with Crippen molar-refractivity contribution in [2.75, 3.05) is 18.4 Å². The average Bonchev–Trinajstić information content (AvgIpc) is 2.66. The van der Waals surface area contributed by atoms with Gasteiger partial charge < -0.3 is 10.6 Å². The molecule has 5 nitrogen and oxygen atoms in total. The lowest BCUT2D eigenvalue weighted by atomic mass is 9.94. The van der Waals surface area contributed by atoms with Crippen LogP contribution in [0.3, 0.4) is 0 Å². The molecule has 0 radical (unpaired) electrons. The number of nitrogens with one attached hydrogen (secondary N) is 3. The minimum atomic E-state index is 0.0826. The number of rotatable bonds is 3. The minimum absolute atomic E-state index is 0.0826. The lowest BCUT2D eigenvalue weighted by Gasteiger charge is -2.21. The molecule has 0 unspecified atom stereocenters. The van der Waals surface area contributed by atoms with Gasteiger partial charge in [0.1, 0.15) is 5.82 Å². The van der Waals surface area contributed by atoms with Gasteiger partial charge in [-0.25, -0.2) is 0 Å². The third-order valence-corrected chi connectivity index (χ3v) is 3.03. The van der Waals surface area contributed by atoms with Crippen molar-refractivity contribution >= 4 is 11.7 Å². The highest BCUT2D eigenvalue weighted by Gasteiger charge is 2.17. The molecule has 1 aliphatic heterocycles. The van der Waals surface area contributed by atoms with Gasteiger partial charge in [0.25, 0.3) is 0 Å². The third kappa shape index (κ3) is 2.82. The fraction of sp³-hybridized carbons (Fsp3) is 0.636. The summed E-state index contributed by atoms with van der Waals surface area (Å²) >= 11 is 0. The van der Waals surface area contributed by atoms with E-state index in [1.165, 1.54) is 0 Å². The molecular weight excluding hydrogens is 204 g/mol. The summed E-state index contributed by atoms with van der Waals surface area (Å²) in [4.78, 5) is 11.8. The molecule has 16 heavy (non-hydrogen) atoms. The van der Waals surface area contributed by atoms with E-state index in [1.54, 1.807) is 6.20 Å². The highest BCUT2D eigenvalue weighted by Crippen LogP contribution is 2.17. The van der Waals surface area contributed by atoms with Crippen molar-refractivity contribution in [2.45, 2.75) is 26.2 Å². The highest BCUT2D eigenvalue weighted by atomic mass is 16.1. The van der Waals surface area contributed by atoms with Gasteiger partial charge in [-0.15, -0.1) is 0 Å². The van der Waals surface area contributed by atoms with Crippen LogP contribution in [0.5, 0.6) is 0 Å². The number of H-pyrrole nitrogens is 1. The number of hydrogen-bond acceptors (Lipinski definition) is 3. The predicted molar refractivity (Wildman–Crippen MR) is 62.2 cm³/mol. The number of aromatic nitrogens is 2. The summed E-state index contributed by atoms with van der Waals surface area (Å²) in [6, 6.07) is 0. The average molecular weight is 222 g/mol. The van der Waals surface area contributed by atoms with E-state index >= 15 is 0 Å². The Hall–Kier alpha value is -1.36. The largest absolute Gasteiger partial charge is 0.317 e. The molecule has 0 spiro atoms. The number of carbonyl (C=O) groups is 1. The molecule has 0 bridgehead atoms. The number of carbonyl (C=O) groups excluding carboxylic acids is 1. The van der Waals surface area contributed by atoms with Gasteiger partial charge in [0.15, 0.2) is 0 Å². The first-order valence-corrected chi connectivity index (χ1v) is 5.76. The number of amides is 1. The monoisotopic (exact) mass is 222 g/mol. The van der Waals surface area contributed by atoms with Crippen LogP contribution in [-0.2, 0) is 4.79 Å². The van der Waals surface area contributed by atoms with Crippen molar-refractivity contribution in [2.24, 2.45) is 5.92 Å². The molecule has 1 aromatic heterocycles. The molecule has 1 fully saturated rings. The summed E-state index contributed by atoms with van der Waals surface area (Å²) in [5.74, 6) is 1.32. The second kappa shape index (κ2) is 5.12. The van der Waals surface area contributed by atoms with Crippen molar-refractivity contribution in [1.29, 1.82) is 0 Å². The Morgan fingerprint density at radius 1 is 1.56 bits per heavy atom. The Balaban J connectivity index is 1.82. The van der Waals surface area contributed by atoms with Crippen LogP contribution in [0.2, 0.25) is 0 Å². The van der Waals surface area contributed by atoms with Crippen LogP contribution in [0.15, 0.2) is 6.20 Å². The van der Waals surface area contributed by atoms with Gasteiger partial charge in [-0.2, -0.15) is 5.10 Å². The normalized spacial score (nSPS) is 17.3. The van der Waals surface area contributed by atoms with E-state index in [0.29, 0.717) is 12.3 Å². The van der Waals surface area contributed by atoms with Crippen molar-refractivity contribution in [3.63, 3.8) is 0 Å². The van der Waals surface area contributed by atoms with Crippen LogP contribution in [-0.4, -0.2) is 29.2 Å². The van der Waals surface area contributed by atoms with E-state index < -0.39 is 0 Å². The Morgan fingerprint density at radius 3 is 2.94 bits per heavy atom. The molecule has 0 atom stereocenters. The lowest BCUT2D eigenvalue weighted by molar-refractivity contribution is -0.117. The summed E-state index contributed by atoms with van der Waals surface area (Å²) in [6.07, 6.45) is 4.50. The fourth-order valence-corrected chi connectivity index (χ4v) is 2.01. The van der Waals surface area contributed by atoms with Gasteiger partial charge in [-0.3, -0.25) is 9.89 Å². The number of piperidine rings is 1. The summed E-state index contributed by atoms with van der Waals surface area (Å²) in [5.41, 5.74) is 0.971. The molecule has 1 aliphatic rings. The SMILES string of the molecule is Cc1cn[nH]c1NC(=O)CC1CCNCC1. The number of aryl methyl sites for hydroxylation is 1. The minimum Gasteiger partial charge on any atom is -0.317 e. The maximum Gasteiger partial charge on any atom is 0.225 e. The first-order valence-electron chi connectivity index (χ1n) is 5.76. The summed E-state index contributed by atoms with van der Waals surface area (Å²) in [6.45, 7) is 3.98. The summed E-state index contributed by atoms with van der Waals surface area (Å²) in [7, 11) is 0. The van der Waals surface area contributed by atoms with Crippen LogP contribution in [0.25, 0.3) is 0 Å². The first kappa shape index (κ1) is 11.1. The van der Waals surface area contributed by atoms with E-state index in [1.807, 2.05) is 6.92 Å². The summed E-state index contributed by atoms with van der Waals surface area (Å²) in [5, 5.41) is 12.8. The van der Waals surface area contributed by atoms with E-state index in [2.05, 4.69) is 20.8 Å². The summed E-state index contributed by atoms with van der Waals surface area (Å²) < 4.78 is 0. The van der Waals surface area contributed by atoms with Crippen molar-refractivity contribution in [3.8, 4) is 0 Å². The number of aromatic amines is 1. The van der Waals surface area contributed by atoms with E-state index in [4.69, 9.17) is 0 Å². The van der Waals surface area contributed by atoms with Crippen LogP contribution in [0.4, 0.5) is 5.82 Å². The lowest BCUT2D eigenvalue weighted by Crippen LogP contribution is -2.30. The van der Waals surface area contributed by atoms with Crippen molar-refractivity contribution < 1.29 is 4.79 Å². The maximum absolute atomic E-state index is 11.8. The van der Waals surface area contributed by atoms with Crippen molar-refractivity contribution in [3.05, 3.63) is 11.8 Å². The zero-order valence-corrected chi connectivity index (χ0v) is 9.55. The van der Waals surface area contributed by atoms with Crippen LogP contribution in [0, 0.1) is 12.8 Å².